The zero-order chi connectivity index (χ0) is 29.5. The number of hydrogen-bond acceptors (Lipinski definition) is 7. The maximum Gasteiger partial charge on any atom is 0.410 e. The lowest BCUT2D eigenvalue weighted by Crippen LogP contribution is -2.57. The van der Waals surface area contributed by atoms with Gasteiger partial charge in [0.2, 0.25) is 17.7 Å². The number of likely N-dealkylation sites (tertiary alicyclic amines) is 1. The number of amides is 4. The van der Waals surface area contributed by atoms with E-state index >= 15 is 0 Å². The zero-order valence-electron chi connectivity index (χ0n) is 23.5. The van der Waals surface area contributed by atoms with Gasteiger partial charge in [0.25, 0.3) is 0 Å². The molecule has 2 rings (SSSR count). The lowest BCUT2D eigenvalue weighted by molar-refractivity contribution is -0.145. The van der Waals surface area contributed by atoms with Crippen molar-refractivity contribution in [1.29, 1.82) is 0 Å². The minimum absolute atomic E-state index is 0.0737. The molecule has 1 unspecified atom stereocenters. The first kappa shape index (κ1) is 31.5. The van der Waals surface area contributed by atoms with Crippen molar-refractivity contribution < 1.29 is 33.8 Å². The molecule has 39 heavy (non-hydrogen) atoms. The number of benzene rings is 1. The second-order valence-electron chi connectivity index (χ2n) is 11.2. The van der Waals surface area contributed by atoms with Crippen LogP contribution in [0.1, 0.15) is 46.6 Å². The van der Waals surface area contributed by atoms with E-state index in [2.05, 4.69) is 10.6 Å². The molecule has 1 fully saturated rings. The quantitative estimate of drug-likeness (QED) is 0.332. The molecule has 12 nitrogen and oxygen atoms in total. The summed E-state index contributed by atoms with van der Waals surface area (Å²) in [7, 11) is 1.41. The van der Waals surface area contributed by atoms with Crippen molar-refractivity contribution in [3.63, 3.8) is 0 Å². The smallest absolute Gasteiger partial charge is 0.410 e. The number of carbonyl (C=O) groups is 5. The Morgan fingerprint density at radius 2 is 1.74 bits per heavy atom. The number of ether oxygens (including phenoxy) is 1. The van der Waals surface area contributed by atoms with Crippen LogP contribution in [0, 0.1) is 5.92 Å². The van der Waals surface area contributed by atoms with Crippen molar-refractivity contribution in [2.75, 3.05) is 20.1 Å². The van der Waals surface area contributed by atoms with Gasteiger partial charge in [0.05, 0.1) is 0 Å². The van der Waals surface area contributed by atoms with Gasteiger partial charge in [-0.05, 0) is 38.7 Å². The van der Waals surface area contributed by atoms with Crippen LogP contribution in [0.4, 0.5) is 4.79 Å². The third kappa shape index (κ3) is 9.54. The van der Waals surface area contributed by atoms with E-state index in [4.69, 9.17) is 10.5 Å². The number of carboxylic acids is 1. The van der Waals surface area contributed by atoms with Gasteiger partial charge in [-0.25, -0.2) is 9.59 Å². The van der Waals surface area contributed by atoms with Gasteiger partial charge in [0.15, 0.2) is 0 Å². The molecular formula is C27H41N5O7. The Bertz CT molecular complexity index is 1040. The molecule has 0 saturated carbocycles. The molecule has 0 radical (unpaired) electrons. The largest absolute Gasteiger partial charge is 0.480 e. The van der Waals surface area contributed by atoms with Crippen LogP contribution in [0.5, 0.6) is 0 Å². The van der Waals surface area contributed by atoms with Gasteiger partial charge in [0.1, 0.15) is 30.3 Å². The second-order valence-corrected chi connectivity index (χ2v) is 11.2. The van der Waals surface area contributed by atoms with Crippen LogP contribution in [-0.2, 0) is 30.3 Å². The van der Waals surface area contributed by atoms with Crippen molar-refractivity contribution >= 4 is 29.8 Å². The first-order chi connectivity index (χ1) is 18.1. The molecule has 0 aromatic heterocycles. The molecule has 4 amide bonds. The number of aliphatic carboxylic acids is 1. The zero-order valence-corrected chi connectivity index (χ0v) is 23.5. The molecule has 1 heterocycles. The Balaban J connectivity index is 2.11. The summed E-state index contributed by atoms with van der Waals surface area (Å²) in [5, 5.41) is 14.9. The molecule has 1 aliphatic heterocycles. The second kappa shape index (κ2) is 13.4. The molecule has 0 bridgehead atoms. The number of nitrogens with two attached hydrogens (primary N) is 1. The lowest BCUT2D eigenvalue weighted by atomic mass is 10.0. The number of hydrogen-bond donors (Lipinski definition) is 4. The Kier molecular flexibility index (Phi) is 10.8. The fourth-order valence-electron chi connectivity index (χ4n) is 4.21. The van der Waals surface area contributed by atoms with Gasteiger partial charge in [-0.15, -0.1) is 0 Å². The fourth-order valence-corrected chi connectivity index (χ4v) is 4.21. The average Bonchev–Trinajstić information content (AvgIpc) is 3.22. The van der Waals surface area contributed by atoms with E-state index in [0.29, 0.717) is 0 Å². The van der Waals surface area contributed by atoms with Gasteiger partial charge in [-0.2, -0.15) is 0 Å². The predicted molar refractivity (Wildman–Crippen MR) is 143 cm³/mol. The third-order valence-corrected chi connectivity index (χ3v) is 6.15. The van der Waals surface area contributed by atoms with E-state index in [-0.39, 0.29) is 31.8 Å². The van der Waals surface area contributed by atoms with Gasteiger partial charge >= 0.3 is 12.1 Å². The fraction of sp³-hybridized carbons (Fsp3) is 0.593. The van der Waals surface area contributed by atoms with Crippen molar-refractivity contribution in [2.45, 2.75) is 77.2 Å². The molecule has 216 valence electrons. The maximum atomic E-state index is 13.6. The Hall–Kier alpha value is -3.67. The van der Waals surface area contributed by atoms with E-state index in [1.807, 2.05) is 0 Å². The highest BCUT2D eigenvalue weighted by atomic mass is 16.6. The third-order valence-electron chi connectivity index (χ3n) is 6.15. The minimum Gasteiger partial charge on any atom is -0.480 e. The molecule has 4 atom stereocenters. The maximum absolute atomic E-state index is 13.6. The minimum atomic E-state index is -1.20. The van der Waals surface area contributed by atoms with Crippen molar-refractivity contribution in [1.82, 2.24) is 20.4 Å². The van der Waals surface area contributed by atoms with Crippen molar-refractivity contribution in [2.24, 2.45) is 11.7 Å². The summed E-state index contributed by atoms with van der Waals surface area (Å²) in [5.74, 6) is -3.26. The molecule has 1 saturated heterocycles. The van der Waals surface area contributed by atoms with Gasteiger partial charge in [0, 0.05) is 26.1 Å². The molecular weight excluding hydrogens is 506 g/mol. The molecule has 1 aromatic rings. The molecule has 12 heteroatoms. The topological polar surface area (TPSA) is 171 Å². The molecule has 1 aromatic carbocycles. The van der Waals surface area contributed by atoms with Crippen LogP contribution >= 0.6 is 0 Å². The highest BCUT2D eigenvalue weighted by Crippen LogP contribution is 2.21. The standard InChI is InChI=1S/C27H41N5O7/c1-16(2)22(30-21(33)15-31(6)26(38)39-27(3,4)5)24(35)32-14-18(28)13-20(32)23(34)29-19(25(36)37)12-17-10-8-7-9-11-17/h7-11,16,18-20,22H,12-15,28H2,1-6H3,(H,29,34)(H,30,33)(H,36,37)/t18-,19-,20-,22?/m0/s1. The van der Waals surface area contributed by atoms with Crippen LogP contribution in [0.3, 0.4) is 0 Å². The number of carboxylic acid groups (broad SMARTS) is 1. The van der Waals surface area contributed by atoms with E-state index in [1.54, 1.807) is 65.0 Å². The molecule has 1 aliphatic rings. The normalized spacial score (nSPS) is 18.7. The van der Waals surface area contributed by atoms with Crippen LogP contribution < -0.4 is 16.4 Å². The lowest BCUT2D eigenvalue weighted by Gasteiger charge is -2.31. The monoisotopic (exact) mass is 547 g/mol. The summed E-state index contributed by atoms with van der Waals surface area (Å²) in [6.07, 6.45) is -0.462. The number of carbonyl (C=O) groups excluding carboxylic acids is 4. The number of nitrogens with one attached hydrogen (secondary N) is 2. The van der Waals surface area contributed by atoms with Crippen LogP contribution in [0.15, 0.2) is 30.3 Å². The summed E-state index contributed by atoms with van der Waals surface area (Å²) in [6, 6.07) is 5.20. The number of nitrogens with zero attached hydrogens (tertiary/aromatic N) is 2. The van der Waals surface area contributed by atoms with E-state index in [0.717, 1.165) is 10.5 Å². The van der Waals surface area contributed by atoms with Gasteiger partial charge < -0.3 is 36.0 Å². The van der Waals surface area contributed by atoms with E-state index in [1.165, 1.54) is 11.9 Å². The van der Waals surface area contributed by atoms with Crippen LogP contribution in [0.25, 0.3) is 0 Å². The Labute approximate surface area is 229 Å². The van der Waals surface area contributed by atoms with E-state index in [9.17, 15) is 29.1 Å². The Morgan fingerprint density at radius 1 is 1.13 bits per heavy atom. The summed E-state index contributed by atoms with van der Waals surface area (Å²) in [4.78, 5) is 65.9. The molecule has 5 N–H and O–H groups in total. The Morgan fingerprint density at radius 3 is 2.28 bits per heavy atom. The average molecular weight is 548 g/mol. The SMILES string of the molecule is CC(C)C(NC(=O)CN(C)C(=O)OC(C)(C)C)C(=O)N1C[C@@H](N)C[C@H]1C(=O)N[C@@H](Cc1ccccc1)C(=O)O. The summed E-state index contributed by atoms with van der Waals surface area (Å²) in [6.45, 7) is 8.34. The summed E-state index contributed by atoms with van der Waals surface area (Å²) >= 11 is 0. The van der Waals surface area contributed by atoms with E-state index < -0.39 is 59.6 Å². The summed E-state index contributed by atoms with van der Waals surface area (Å²) in [5.41, 5.74) is 6.10. The van der Waals surface area contributed by atoms with Gasteiger partial charge in [-0.1, -0.05) is 44.2 Å². The van der Waals surface area contributed by atoms with Crippen molar-refractivity contribution in [3.05, 3.63) is 35.9 Å². The number of likely N-dealkylation sites (N-methyl/N-ethyl adjacent to an activating group) is 1. The number of rotatable bonds is 10. The van der Waals surface area contributed by atoms with Gasteiger partial charge in [-0.3, -0.25) is 14.4 Å². The van der Waals surface area contributed by atoms with Crippen LogP contribution in [-0.4, -0.2) is 94.6 Å². The molecule has 0 aliphatic carbocycles. The predicted octanol–water partition coefficient (Wildman–Crippen LogP) is 0.734. The summed E-state index contributed by atoms with van der Waals surface area (Å²) < 4.78 is 5.25. The first-order valence-electron chi connectivity index (χ1n) is 13.0. The van der Waals surface area contributed by atoms with Crippen molar-refractivity contribution in [3.8, 4) is 0 Å². The highest BCUT2D eigenvalue weighted by molar-refractivity contribution is 5.94. The molecule has 0 spiro atoms. The first-order valence-corrected chi connectivity index (χ1v) is 13.0. The highest BCUT2D eigenvalue weighted by Gasteiger charge is 2.42. The van der Waals surface area contributed by atoms with Crippen LogP contribution in [0.2, 0.25) is 0 Å².